The summed E-state index contributed by atoms with van der Waals surface area (Å²) in [6.45, 7) is 0. The largest absolute Gasteiger partial charge is 0.761 e. The molecule has 0 bridgehead atoms. The molecule has 0 aromatic heterocycles. The maximum absolute atomic E-state index is 8.74. The van der Waals surface area contributed by atoms with Gasteiger partial charge < -0.3 is 58.9 Å². The zero-order valence-electron chi connectivity index (χ0n) is 6.30. The molecule has 0 spiro atoms. The number of rotatable bonds is 0. The lowest BCUT2D eigenvalue weighted by Gasteiger charge is -1.55. The highest BCUT2D eigenvalue weighted by Crippen LogP contribution is 1.27. The van der Waals surface area contributed by atoms with E-state index in [9.17, 15) is 0 Å². The van der Waals surface area contributed by atoms with Crippen LogP contribution in [0.1, 0.15) is 0 Å². The molecule has 0 aliphatic carbocycles. The molecule has 0 rings (SSSR count). The van der Waals surface area contributed by atoms with Gasteiger partial charge in [-0.15, -0.1) is 0 Å². The maximum atomic E-state index is 8.74. The van der Waals surface area contributed by atoms with E-state index in [4.69, 9.17) is 14.1 Å². The van der Waals surface area contributed by atoms with E-state index in [1.807, 2.05) is 0 Å². The summed E-state index contributed by atoms with van der Waals surface area (Å²) in [4.78, 5) is 14.3. The fraction of sp³-hybridized carbons (Fsp3) is 0. The maximum Gasteiger partial charge on any atom is 0.761 e. The van der Waals surface area contributed by atoms with Crippen LogP contribution in [0.2, 0.25) is 0 Å². The van der Waals surface area contributed by atoms with Gasteiger partial charge in [-0.05, 0) is 0 Å². The van der Waals surface area contributed by atoms with Crippen molar-refractivity contribution in [2.24, 2.45) is 0 Å². The Balaban J connectivity index is -0.00000000125. The van der Waals surface area contributed by atoms with E-state index < -0.39 is 9.17 Å². The lowest BCUT2D eigenvalue weighted by atomic mass is 15.8. The van der Waals surface area contributed by atoms with Gasteiger partial charge in [-0.2, -0.15) is 0 Å². The highest BCUT2D eigenvalue weighted by atomic mass is 28.3. The normalized spacial score (nSPS) is 1.85. The van der Waals surface area contributed by atoms with E-state index in [1.54, 1.807) is 0 Å². The van der Waals surface area contributed by atoms with E-state index in [-0.39, 0.29) is 49.3 Å². The fourth-order valence-corrected chi connectivity index (χ4v) is 0. The van der Waals surface area contributed by atoms with Crippen molar-refractivity contribution in [3.8, 4) is 0 Å². The predicted molar refractivity (Wildman–Crippen MR) is 43.4 cm³/mol. The van der Waals surface area contributed by atoms with Crippen LogP contribution in [-0.4, -0.2) is 68.0 Å². The van der Waals surface area contributed by atoms with Crippen LogP contribution in [-0.2, 0) is 4.46 Å². The Kier molecular flexibility index (Phi) is 5450. The zero-order valence-corrected chi connectivity index (χ0v) is 7.30. The van der Waals surface area contributed by atoms with Crippen LogP contribution >= 0.6 is 0 Å². The second-order valence-electron chi connectivity index (χ2n) is 0.283. The number of hydrogen-bond donors (Lipinski definition) is 2. The Morgan fingerprint density at radius 3 is 0.538 bits per heavy atom. The summed E-state index contributed by atoms with van der Waals surface area (Å²) in [6.07, 6.45) is 0. The summed E-state index contributed by atoms with van der Waals surface area (Å²) in [5.41, 5.74) is 0. The predicted octanol–water partition coefficient (Wildman–Crippen LogP) is -9.04. The molecule has 0 aliphatic heterocycles. The summed E-state index contributed by atoms with van der Waals surface area (Å²) in [5.74, 6) is 0. The summed E-state index contributed by atoms with van der Waals surface area (Å²) >= 11 is 0. The van der Waals surface area contributed by atoms with Gasteiger partial charge in [0.05, 0.1) is 0 Å². The van der Waals surface area contributed by atoms with Crippen LogP contribution in [0.5, 0.6) is 0 Å². The first-order valence-corrected chi connectivity index (χ1v) is 1.95. The molecule has 20 N–H and O–H groups in total. The second kappa shape index (κ2) is 233. The topological polar surface area (TPSA) is 341 Å². The molecule has 13 heavy (non-hydrogen) atoms. The Morgan fingerprint density at radius 2 is 0.538 bits per heavy atom. The SMILES string of the molecule is O.O.O.O.O.O.O.O.O.O=[Si](O)O. The van der Waals surface area contributed by atoms with Gasteiger partial charge in [0.15, 0.2) is 0 Å². The van der Waals surface area contributed by atoms with Crippen LogP contribution in [0.15, 0.2) is 0 Å². The first kappa shape index (κ1) is 305. The van der Waals surface area contributed by atoms with Crippen LogP contribution < -0.4 is 0 Å². The van der Waals surface area contributed by atoms with Gasteiger partial charge in [-0.25, -0.2) is 0 Å². The average molecular weight is 240 g/mol. The molecule has 12 nitrogen and oxygen atoms in total. The third kappa shape index (κ3) is 1750. The summed E-state index contributed by atoms with van der Waals surface area (Å²) in [7, 11) is -3.13. The standard InChI is InChI=1S/H2O3Si.9H2O/c1-4(2)3;;;;;;;;;/h1-2H;9*1H2. The molecule has 0 saturated heterocycles. The van der Waals surface area contributed by atoms with Gasteiger partial charge in [0.1, 0.15) is 0 Å². The van der Waals surface area contributed by atoms with Crippen LogP contribution in [0, 0.1) is 0 Å². The molecule has 0 saturated carbocycles. The first-order valence-electron chi connectivity index (χ1n) is 0.651. The molecule has 0 aromatic rings. The Labute approximate surface area is 73.7 Å². The van der Waals surface area contributed by atoms with Crippen molar-refractivity contribution in [3.63, 3.8) is 0 Å². The molecule has 0 fully saturated rings. The average Bonchev–Trinajstić information content (AvgIpc) is 0.811. The van der Waals surface area contributed by atoms with Crippen molar-refractivity contribution in [2.45, 2.75) is 0 Å². The lowest BCUT2D eigenvalue weighted by molar-refractivity contribution is 0.330. The van der Waals surface area contributed by atoms with Gasteiger partial charge in [-0.3, -0.25) is 4.46 Å². The van der Waals surface area contributed by atoms with Crippen molar-refractivity contribution < 1.29 is 63.3 Å². The van der Waals surface area contributed by atoms with Gasteiger partial charge in [0.25, 0.3) is 0 Å². The van der Waals surface area contributed by atoms with Gasteiger partial charge >= 0.3 is 9.17 Å². The van der Waals surface area contributed by atoms with Crippen molar-refractivity contribution in [1.29, 1.82) is 0 Å². The van der Waals surface area contributed by atoms with E-state index in [1.165, 1.54) is 0 Å². The molecule has 0 heterocycles. The molecule has 96 valence electrons. The third-order valence-electron chi connectivity index (χ3n) is 0. The minimum absolute atomic E-state index is 0. The second-order valence-corrected chi connectivity index (χ2v) is 0.848. The molecule has 0 radical (unpaired) electrons. The van der Waals surface area contributed by atoms with Crippen LogP contribution in [0.25, 0.3) is 0 Å². The summed E-state index contributed by atoms with van der Waals surface area (Å²) in [6, 6.07) is 0. The van der Waals surface area contributed by atoms with E-state index in [2.05, 4.69) is 0 Å². The smallest absolute Gasteiger partial charge is 0.511 e. The molecule has 13 heteroatoms. The minimum Gasteiger partial charge on any atom is -0.511 e. The zero-order chi connectivity index (χ0) is 3.58. The van der Waals surface area contributed by atoms with E-state index >= 15 is 0 Å². The van der Waals surface area contributed by atoms with Gasteiger partial charge in [0, 0.05) is 0 Å². The molecule has 0 unspecified atom stereocenters. The van der Waals surface area contributed by atoms with Crippen LogP contribution in [0.3, 0.4) is 0 Å². The quantitative estimate of drug-likeness (QED) is 0.389. The summed E-state index contributed by atoms with van der Waals surface area (Å²) < 4.78 is 8.74. The van der Waals surface area contributed by atoms with E-state index in [0.29, 0.717) is 0 Å². The van der Waals surface area contributed by atoms with Crippen molar-refractivity contribution in [3.05, 3.63) is 0 Å². The van der Waals surface area contributed by atoms with Crippen LogP contribution in [0.4, 0.5) is 0 Å². The molecule has 0 aromatic carbocycles. The number of hydrogen-bond acceptors (Lipinski definition) is 1. The van der Waals surface area contributed by atoms with Gasteiger partial charge in [-0.1, -0.05) is 0 Å². The molecular weight excluding hydrogens is 220 g/mol. The minimum atomic E-state index is -3.13. The Hall–Kier alpha value is -0.743. The first-order chi connectivity index (χ1) is 1.73. The molecular formula is H20O12Si. The van der Waals surface area contributed by atoms with Crippen molar-refractivity contribution in [1.82, 2.24) is 0 Å². The van der Waals surface area contributed by atoms with Crippen molar-refractivity contribution >= 4 is 9.17 Å². The van der Waals surface area contributed by atoms with Crippen molar-refractivity contribution in [2.75, 3.05) is 0 Å². The molecule has 0 aliphatic rings. The Morgan fingerprint density at radius 1 is 0.538 bits per heavy atom. The molecule has 0 amide bonds. The fourth-order valence-electron chi connectivity index (χ4n) is 0. The van der Waals surface area contributed by atoms with Gasteiger partial charge in [0.2, 0.25) is 0 Å². The lowest BCUT2D eigenvalue weighted by Crippen LogP contribution is -1.90. The highest BCUT2D eigenvalue weighted by Gasteiger charge is 1.85. The monoisotopic (exact) mass is 240 g/mol. The molecule has 0 atom stereocenters. The highest BCUT2D eigenvalue weighted by molar-refractivity contribution is 6.22. The summed E-state index contributed by atoms with van der Waals surface area (Å²) in [5, 5.41) is 0. The third-order valence-corrected chi connectivity index (χ3v) is 0. The Bertz CT molecular complexity index is 28.1. The van der Waals surface area contributed by atoms with E-state index in [0.717, 1.165) is 0 Å².